The van der Waals surface area contributed by atoms with Crippen LogP contribution in [0.4, 0.5) is 17.6 Å². The van der Waals surface area contributed by atoms with Crippen LogP contribution in [0.15, 0.2) is 18.2 Å². The van der Waals surface area contributed by atoms with Gasteiger partial charge >= 0.3 is 6.18 Å². The zero-order valence-electron chi connectivity index (χ0n) is 11.1. The van der Waals surface area contributed by atoms with E-state index >= 15 is 0 Å². The summed E-state index contributed by atoms with van der Waals surface area (Å²) in [6, 6.07) is 1.71. The second kappa shape index (κ2) is 6.21. The predicted octanol–water partition coefficient (Wildman–Crippen LogP) is 2.70. The Morgan fingerprint density at radius 2 is 1.95 bits per heavy atom. The molecule has 0 aliphatic carbocycles. The van der Waals surface area contributed by atoms with Crippen LogP contribution in [0.2, 0.25) is 0 Å². The molecule has 2 atom stereocenters. The van der Waals surface area contributed by atoms with E-state index in [0.29, 0.717) is 18.6 Å². The second-order valence-electron chi connectivity index (χ2n) is 4.78. The fourth-order valence-corrected chi connectivity index (χ4v) is 1.81. The van der Waals surface area contributed by atoms with Crippen molar-refractivity contribution in [2.24, 2.45) is 5.73 Å². The maximum Gasteiger partial charge on any atom is 0.419 e. The molecule has 20 heavy (non-hydrogen) atoms. The van der Waals surface area contributed by atoms with Gasteiger partial charge in [-0.2, -0.15) is 13.2 Å². The summed E-state index contributed by atoms with van der Waals surface area (Å²) in [4.78, 5) is 11.8. The molecular formula is C13H16F4N2O. The first-order valence-corrected chi connectivity index (χ1v) is 6.04. The molecule has 0 fully saturated rings. The molecule has 112 valence electrons. The van der Waals surface area contributed by atoms with Crippen molar-refractivity contribution in [3.8, 4) is 0 Å². The summed E-state index contributed by atoms with van der Waals surface area (Å²) in [7, 11) is 0. The average molecular weight is 292 g/mol. The van der Waals surface area contributed by atoms with E-state index < -0.39 is 23.5 Å². The molecule has 0 aliphatic heterocycles. The maximum atomic E-state index is 13.1. The standard InChI is InChI=1S/C13H16F4N2O/c1-7(18)5-8(2)19-12(20)9-3-4-11(14)10(6-9)13(15,16)17/h3-4,6-8H,5,18H2,1-2H3,(H,19,20). The van der Waals surface area contributed by atoms with Gasteiger partial charge in [0.2, 0.25) is 0 Å². The summed E-state index contributed by atoms with van der Waals surface area (Å²) in [5.74, 6) is -2.10. The molecule has 3 N–H and O–H groups in total. The first-order valence-electron chi connectivity index (χ1n) is 6.04. The van der Waals surface area contributed by atoms with E-state index in [4.69, 9.17) is 5.73 Å². The van der Waals surface area contributed by atoms with Crippen molar-refractivity contribution >= 4 is 5.91 Å². The highest BCUT2D eigenvalue weighted by Crippen LogP contribution is 2.31. The zero-order chi connectivity index (χ0) is 15.5. The van der Waals surface area contributed by atoms with Crippen molar-refractivity contribution in [1.82, 2.24) is 5.32 Å². The fraction of sp³-hybridized carbons (Fsp3) is 0.462. The summed E-state index contributed by atoms with van der Waals surface area (Å²) >= 11 is 0. The first-order chi connectivity index (χ1) is 9.11. The lowest BCUT2D eigenvalue weighted by Crippen LogP contribution is -2.36. The number of rotatable bonds is 4. The van der Waals surface area contributed by atoms with Crippen LogP contribution in [-0.4, -0.2) is 18.0 Å². The van der Waals surface area contributed by atoms with Gasteiger partial charge in [-0.1, -0.05) is 0 Å². The van der Waals surface area contributed by atoms with Gasteiger partial charge in [0.25, 0.3) is 5.91 Å². The molecule has 0 saturated heterocycles. The summed E-state index contributed by atoms with van der Waals surface area (Å²) in [6.45, 7) is 3.44. The number of halogens is 4. The Labute approximate surface area is 114 Å². The van der Waals surface area contributed by atoms with Gasteiger partial charge in [-0.3, -0.25) is 4.79 Å². The molecule has 1 amide bonds. The molecule has 1 rings (SSSR count). The quantitative estimate of drug-likeness (QED) is 0.838. The highest BCUT2D eigenvalue weighted by molar-refractivity contribution is 5.94. The number of hydrogen-bond donors (Lipinski definition) is 2. The molecule has 2 unspecified atom stereocenters. The van der Waals surface area contributed by atoms with Gasteiger partial charge in [-0.25, -0.2) is 4.39 Å². The van der Waals surface area contributed by atoms with E-state index in [0.717, 1.165) is 6.07 Å². The van der Waals surface area contributed by atoms with E-state index in [2.05, 4.69) is 5.32 Å². The Bertz CT molecular complexity index is 486. The first kappa shape index (κ1) is 16.4. The summed E-state index contributed by atoms with van der Waals surface area (Å²) in [5, 5.41) is 2.52. The Kier molecular flexibility index (Phi) is 5.10. The topological polar surface area (TPSA) is 55.1 Å². The van der Waals surface area contributed by atoms with Crippen molar-refractivity contribution in [3.05, 3.63) is 35.1 Å². The number of alkyl halides is 3. The van der Waals surface area contributed by atoms with Gasteiger partial charge in [0.15, 0.2) is 0 Å². The number of carbonyl (C=O) groups is 1. The third kappa shape index (κ3) is 4.48. The van der Waals surface area contributed by atoms with E-state index in [9.17, 15) is 22.4 Å². The van der Waals surface area contributed by atoms with Gasteiger partial charge in [0.1, 0.15) is 5.82 Å². The van der Waals surface area contributed by atoms with Crippen LogP contribution in [0.1, 0.15) is 36.2 Å². The Morgan fingerprint density at radius 3 is 2.45 bits per heavy atom. The smallest absolute Gasteiger partial charge is 0.350 e. The number of amides is 1. The molecular weight excluding hydrogens is 276 g/mol. The van der Waals surface area contributed by atoms with Crippen molar-refractivity contribution in [1.29, 1.82) is 0 Å². The van der Waals surface area contributed by atoms with Gasteiger partial charge in [0.05, 0.1) is 5.56 Å². The molecule has 0 spiro atoms. The lowest BCUT2D eigenvalue weighted by molar-refractivity contribution is -0.140. The highest BCUT2D eigenvalue weighted by Gasteiger charge is 2.34. The van der Waals surface area contributed by atoms with Gasteiger partial charge in [-0.05, 0) is 38.5 Å². The van der Waals surface area contributed by atoms with Crippen molar-refractivity contribution in [2.45, 2.75) is 38.5 Å². The van der Waals surface area contributed by atoms with E-state index in [1.54, 1.807) is 13.8 Å². The number of benzene rings is 1. The van der Waals surface area contributed by atoms with Gasteiger partial charge < -0.3 is 11.1 Å². The number of nitrogens with one attached hydrogen (secondary N) is 1. The minimum absolute atomic E-state index is 0.149. The number of nitrogens with two attached hydrogens (primary N) is 1. The van der Waals surface area contributed by atoms with Gasteiger partial charge in [-0.15, -0.1) is 0 Å². The van der Waals surface area contributed by atoms with E-state index in [1.165, 1.54) is 0 Å². The Hall–Kier alpha value is -1.63. The summed E-state index contributed by atoms with van der Waals surface area (Å²) in [5.41, 5.74) is 3.86. The number of carbonyl (C=O) groups excluding carboxylic acids is 1. The molecule has 1 aromatic rings. The monoisotopic (exact) mass is 292 g/mol. The molecule has 1 aromatic carbocycles. The van der Waals surface area contributed by atoms with Crippen molar-refractivity contribution < 1.29 is 22.4 Å². The van der Waals surface area contributed by atoms with Crippen LogP contribution in [-0.2, 0) is 6.18 Å². The average Bonchev–Trinajstić information content (AvgIpc) is 2.26. The molecule has 3 nitrogen and oxygen atoms in total. The summed E-state index contributed by atoms with van der Waals surface area (Å²) < 4.78 is 50.7. The predicted molar refractivity (Wildman–Crippen MR) is 66.6 cm³/mol. The fourth-order valence-electron chi connectivity index (χ4n) is 1.81. The third-order valence-electron chi connectivity index (χ3n) is 2.64. The van der Waals surface area contributed by atoms with Crippen LogP contribution in [0, 0.1) is 5.82 Å². The van der Waals surface area contributed by atoms with Crippen LogP contribution >= 0.6 is 0 Å². The lowest BCUT2D eigenvalue weighted by Gasteiger charge is -2.16. The van der Waals surface area contributed by atoms with Crippen molar-refractivity contribution in [3.63, 3.8) is 0 Å². The molecule has 0 heterocycles. The Balaban J connectivity index is 2.89. The minimum atomic E-state index is -4.84. The largest absolute Gasteiger partial charge is 0.419 e. The molecule has 0 radical (unpaired) electrons. The Morgan fingerprint density at radius 1 is 1.35 bits per heavy atom. The van der Waals surface area contributed by atoms with E-state index in [-0.39, 0.29) is 17.6 Å². The van der Waals surface area contributed by atoms with Gasteiger partial charge in [0, 0.05) is 17.6 Å². The molecule has 0 bridgehead atoms. The van der Waals surface area contributed by atoms with E-state index in [1.807, 2.05) is 0 Å². The van der Waals surface area contributed by atoms with Crippen molar-refractivity contribution in [2.75, 3.05) is 0 Å². The molecule has 0 saturated carbocycles. The molecule has 7 heteroatoms. The molecule has 0 aliphatic rings. The highest BCUT2D eigenvalue weighted by atomic mass is 19.4. The van der Waals surface area contributed by atoms with Crippen LogP contribution in [0.5, 0.6) is 0 Å². The zero-order valence-corrected chi connectivity index (χ0v) is 11.1. The lowest BCUT2D eigenvalue weighted by atomic mass is 10.1. The van der Waals surface area contributed by atoms with Crippen LogP contribution in [0.3, 0.4) is 0 Å². The normalized spacial score (nSPS) is 14.8. The minimum Gasteiger partial charge on any atom is -0.350 e. The SMILES string of the molecule is CC(N)CC(C)NC(=O)c1ccc(F)c(C(F)(F)F)c1. The third-order valence-corrected chi connectivity index (χ3v) is 2.64. The number of hydrogen-bond acceptors (Lipinski definition) is 2. The maximum absolute atomic E-state index is 13.1. The van der Waals surface area contributed by atoms with Crippen LogP contribution in [0.25, 0.3) is 0 Å². The summed E-state index contributed by atoms with van der Waals surface area (Å²) in [6.07, 6.45) is -4.35. The molecule has 0 aromatic heterocycles. The van der Waals surface area contributed by atoms with Crippen LogP contribution < -0.4 is 11.1 Å². The second-order valence-corrected chi connectivity index (χ2v) is 4.78.